The lowest BCUT2D eigenvalue weighted by Crippen LogP contribution is -2.24. The quantitative estimate of drug-likeness (QED) is 0.743. The molecule has 3 aromatic rings. The van der Waals surface area contributed by atoms with Gasteiger partial charge in [-0.25, -0.2) is 4.98 Å². The third kappa shape index (κ3) is 2.74. The molecule has 5 nitrogen and oxygen atoms in total. The number of imidazole rings is 1. The van der Waals surface area contributed by atoms with Crippen LogP contribution in [0.15, 0.2) is 48.8 Å². The second kappa shape index (κ2) is 5.91. The number of nitrogens with zero attached hydrogens (tertiary/aromatic N) is 4. The Hall–Kier alpha value is -2.56. The van der Waals surface area contributed by atoms with Gasteiger partial charge in [-0.2, -0.15) is 0 Å². The highest BCUT2D eigenvalue weighted by Crippen LogP contribution is 2.26. The fraction of sp³-hybridized carbons (Fsp3) is 0.333. The lowest BCUT2D eigenvalue weighted by molar-refractivity contribution is 0.261. The minimum Gasteiger partial charge on any atom is -0.493 e. The first-order chi connectivity index (χ1) is 11.3. The summed E-state index contributed by atoms with van der Waals surface area (Å²) in [5.74, 6) is 2.47. The van der Waals surface area contributed by atoms with E-state index in [1.807, 2.05) is 18.2 Å². The van der Waals surface area contributed by atoms with Crippen molar-refractivity contribution >= 4 is 17.0 Å². The molecule has 3 heterocycles. The Morgan fingerprint density at radius 3 is 2.83 bits per heavy atom. The van der Waals surface area contributed by atoms with E-state index in [9.17, 15) is 0 Å². The summed E-state index contributed by atoms with van der Waals surface area (Å²) in [6.07, 6.45) is 4.65. The number of rotatable bonds is 4. The molecule has 2 aromatic heterocycles. The Labute approximate surface area is 135 Å². The molecule has 1 aliphatic heterocycles. The molecule has 0 amide bonds. The first-order valence-electron chi connectivity index (χ1n) is 8.00. The van der Waals surface area contributed by atoms with Crippen molar-refractivity contribution in [2.45, 2.75) is 6.42 Å². The van der Waals surface area contributed by atoms with Gasteiger partial charge in [-0.3, -0.25) is 4.98 Å². The van der Waals surface area contributed by atoms with Gasteiger partial charge in [-0.15, -0.1) is 0 Å². The van der Waals surface area contributed by atoms with Crippen LogP contribution >= 0.6 is 0 Å². The third-order valence-electron chi connectivity index (χ3n) is 4.47. The highest BCUT2D eigenvalue weighted by atomic mass is 16.5. The third-order valence-corrected chi connectivity index (χ3v) is 4.47. The maximum atomic E-state index is 5.87. The number of ether oxygens (including phenoxy) is 1. The van der Waals surface area contributed by atoms with Crippen molar-refractivity contribution in [1.29, 1.82) is 0 Å². The molecule has 0 saturated carbocycles. The smallest absolute Gasteiger partial charge is 0.206 e. The molecule has 5 heteroatoms. The number of benzene rings is 1. The van der Waals surface area contributed by atoms with Gasteiger partial charge in [0.1, 0.15) is 5.75 Å². The minimum absolute atomic E-state index is 0.531. The zero-order valence-corrected chi connectivity index (χ0v) is 13.2. The molecule has 0 bridgehead atoms. The molecule has 23 heavy (non-hydrogen) atoms. The van der Waals surface area contributed by atoms with E-state index >= 15 is 0 Å². The molecular formula is C18H20N4O. The monoisotopic (exact) mass is 308 g/mol. The summed E-state index contributed by atoms with van der Waals surface area (Å²) >= 11 is 0. The predicted octanol–water partition coefficient (Wildman–Crippen LogP) is 2.87. The van der Waals surface area contributed by atoms with E-state index in [-0.39, 0.29) is 0 Å². The normalized spacial score (nSPS) is 17.8. The van der Waals surface area contributed by atoms with Crippen molar-refractivity contribution in [3.63, 3.8) is 0 Å². The minimum atomic E-state index is 0.531. The van der Waals surface area contributed by atoms with E-state index in [4.69, 9.17) is 9.72 Å². The van der Waals surface area contributed by atoms with Crippen LogP contribution in [0.5, 0.6) is 5.75 Å². The average molecular weight is 308 g/mol. The molecule has 0 radical (unpaired) electrons. The number of anilines is 1. The first kappa shape index (κ1) is 14.1. The number of hydrogen-bond donors (Lipinski definition) is 0. The summed E-state index contributed by atoms with van der Waals surface area (Å²) in [4.78, 5) is 11.2. The molecule has 118 valence electrons. The first-order valence-corrected chi connectivity index (χ1v) is 8.00. The summed E-state index contributed by atoms with van der Waals surface area (Å²) in [5.41, 5.74) is 2.24. The van der Waals surface area contributed by atoms with Crippen molar-refractivity contribution in [1.82, 2.24) is 14.5 Å². The zero-order chi connectivity index (χ0) is 15.6. The van der Waals surface area contributed by atoms with Gasteiger partial charge in [0, 0.05) is 38.4 Å². The summed E-state index contributed by atoms with van der Waals surface area (Å²) < 4.78 is 8.05. The van der Waals surface area contributed by atoms with Gasteiger partial charge >= 0.3 is 0 Å². The molecule has 0 aliphatic carbocycles. The number of aromatic nitrogens is 3. The van der Waals surface area contributed by atoms with Gasteiger partial charge in [0.25, 0.3) is 0 Å². The molecule has 4 rings (SSSR count). The average Bonchev–Trinajstić information content (AvgIpc) is 3.19. The second-order valence-corrected chi connectivity index (χ2v) is 6.05. The number of aryl methyl sites for hydroxylation is 1. The maximum absolute atomic E-state index is 5.87. The number of para-hydroxylation sites is 2. The van der Waals surface area contributed by atoms with E-state index in [1.165, 1.54) is 5.52 Å². The molecule has 1 atom stereocenters. The molecule has 1 saturated heterocycles. The molecule has 0 spiro atoms. The van der Waals surface area contributed by atoms with Crippen molar-refractivity contribution in [2.24, 2.45) is 13.0 Å². The fourth-order valence-electron chi connectivity index (χ4n) is 3.21. The molecule has 1 aromatic carbocycles. The molecule has 1 aliphatic rings. The van der Waals surface area contributed by atoms with Crippen LogP contribution in [-0.4, -0.2) is 34.2 Å². The van der Waals surface area contributed by atoms with Crippen LogP contribution in [0, 0.1) is 5.92 Å². The van der Waals surface area contributed by atoms with Crippen LogP contribution in [0.1, 0.15) is 6.42 Å². The van der Waals surface area contributed by atoms with Crippen molar-refractivity contribution in [2.75, 3.05) is 24.6 Å². The molecular weight excluding hydrogens is 288 g/mol. The second-order valence-electron chi connectivity index (χ2n) is 6.05. The largest absolute Gasteiger partial charge is 0.493 e. The highest BCUT2D eigenvalue weighted by Gasteiger charge is 2.26. The Morgan fingerprint density at radius 2 is 2.00 bits per heavy atom. The SMILES string of the molecule is Cn1c(N2CCC(COc3ccncc3)C2)nc2ccccc21. The van der Waals surface area contributed by atoms with Crippen LogP contribution in [0.2, 0.25) is 0 Å². The summed E-state index contributed by atoms with van der Waals surface area (Å²) in [6.45, 7) is 2.76. The number of pyridine rings is 1. The maximum Gasteiger partial charge on any atom is 0.206 e. The lowest BCUT2D eigenvalue weighted by atomic mass is 10.1. The van der Waals surface area contributed by atoms with Gasteiger partial charge in [-0.05, 0) is 30.7 Å². The Kier molecular flexibility index (Phi) is 3.61. The van der Waals surface area contributed by atoms with E-state index in [0.29, 0.717) is 5.92 Å². The summed E-state index contributed by atoms with van der Waals surface area (Å²) in [7, 11) is 2.09. The topological polar surface area (TPSA) is 43.2 Å². The van der Waals surface area contributed by atoms with E-state index < -0.39 is 0 Å². The number of fused-ring (bicyclic) bond motifs is 1. The molecule has 1 fully saturated rings. The van der Waals surface area contributed by atoms with Crippen LogP contribution < -0.4 is 9.64 Å². The van der Waals surface area contributed by atoms with Crippen LogP contribution in [-0.2, 0) is 7.05 Å². The van der Waals surface area contributed by atoms with Gasteiger partial charge in [0.05, 0.1) is 17.6 Å². The Balaban J connectivity index is 1.44. The van der Waals surface area contributed by atoms with Gasteiger partial charge in [0.2, 0.25) is 5.95 Å². The zero-order valence-electron chi connectivity index (χ0n) is 13.2. The fourth-order valence-corrected chi connectivity index (χ4v) is 3.21. The van der Waals surface area contributed by atoms with E-state index in [2.05, 4.69) is 39.7 Å². The van der Waals surface area contributed by atoms with Crippen LogP contribution in [0.25, 0.3) is 11.0 Å². The summed E-state index contributed by atoms with van der Waals surface area (Å²) in [6, 6.07) is 12.1. The molecule has 1 unspecified atom stereocenters. The standard InChI is InChI=1S/C18H20N4O/c1-21-17-5-3-2-4-16(17)20-18(21)22-11-8-14(12-22)13-23-15-6-9-19-10-7-15/h2-7,9-10,14H,8,11-13H2,1H3. The number of hydrogen-bond acceptors (Lipinski definition) is 4. The van der Waals surface area contributed by atoms with Crippen LogP contribution in [0.3, 0.4) is 0 Å². The van der Waals surface area contributed by atoms with Crippen molar-refractivity contribution < 1.29 is 4.74 Å². The van der Waals surface area contributed by atoms with Gasteiger partial charge in [0.15, 0.2) is 0 Å². The highest BCUT2D eigenvalue weighted by molar-refractivity contribution is 5.78. The Bertz CT molecular complexity index is 799. The summed E-state index contributed by atoms with van der Waals surface area (Å²) in [5, 5.41) is 0. The predicted molar refractivity (Wildman–Crippen MR) is 90.8 cm³/mol. The van der Waals surface area contributed by atoms with Crippen molar-refractivity contribution in [3.05, 3.63) is 48.8 Å². The van der Waals surface area contributed by atoms with Gasteiger partial charge < -0.3 is 14.2 Å². The Morgan fingerprint density at radius 1 is 1.17 bits per heavy atom. The van der Waals surface area contributed by atoms with Crippen LogP contribution in [0.4, 0.5) is 5.95 Å². The van der Waals surface area contributed by atoms with Gasteiger partial charge in [-0.1, -0.05) is 12.1 Å². The van der Waals surface area contributed by atoms with Crippen molar-refractivity contribution in [3.8, 4) is 5.75 Å². The van der Waals surface area contributed by atoms with E-state index in [0.717, 1.165) is 43.3 Å². The molecule has 0 N–H and O–H groups in total. The van der Waals surface area contributed by atoms with E-state index in [1.54, 1.807) is 12.4 Å². The lowest BCUT2D eigenvalue weighted by Gasteiger charge is -2.18.